The van der Waals surface area contributed by atoms with E-state index in [1.165, 1.54) is 18.4 Å². The van der Waals surface area contributed by atoms with Gasteiger partial charge in [-0.3, -0.25) is 0 Å². The van der Waals surface area contributed by atoms with E-state index < -0.39 is 0 Å². The Bertz CT molecular complexity index is 430. The van der Waals surface area contributed by atoms with Crippen LogP contribution in [0.5, 0.6) is 5.75 Å². The molecular formula is C17H27NO3. The van der Waals surface area contributed by atoms with E-state index in [1.807, 2.05) is 13.1 Å². The van der Waals surface area contributed by atoms with E-state index in [2.05, 4.69) is 24.4 Å². The van der Waals surface area contributed by atoms with E-state index >= 15 is 0 Å². The first-order valence-corrected chi connectivity index (χ1v) is 7.75. The number of hydrogen-bond donors (Lipinski definition) is 1. The standard InChI is InChI=1S/C17H27NO3/c1-13-7-8-17(19-3)15(10-13)16(18-2)12-20-11-14-6-4-5-9-21-14/h7-8,10,14,16,18H,4-6,9,11-12H2,1-3H3. The Kier molecular flexibility index (Phi) is 6.49. The molecule has 0 aliphatic carbocycles. The fourth-order valence-corrected chi connectivity index (χ4v) is 2.71. The van der Waals surface area contributed by atoms with Crippen LogP contribution in [-0.2, 0) is 9.47 Å². The van der Waals surface area contributed by atoms with Crippen LogP contribution in [0.15, 0.2) is 18.2 Å². The monoisotopic (exact) mass is 293 g/mol. The molecule has 0 aromatic heterocycles. The molecule has 0 spiro atoms. The predicted molar refractivity (Wildman–Crippen MR) is 83.9 cm³/mol. The molecule has 2 rings (SSSR count). The van der Waals surface area contributed by atoms with E-state index in [4.69, 9.17) is 14.2 Å². The fraction of sp³-hybridized carbons (Fsp3) is 0.647. The van der Waals surface area contributed by atoms with Crippen molar-refractivity contribution in [3.63, 3.8) is 0 Å². The second-order valence-corrected chi connectivity index (χ2v) is 5.61. The summed E-state index contributed by atoms with van der Waals surface area (Å²) in [6.07, 6.45) is 3.79. The molecule has 1 aliphatic heterocycles. The third-order valence-corrected chi connectivity index (χ3v) is 3.97. The maximum Gasteiger partial charge on any atom is 0.123 e. The van der Waals surface area contributed by atoms with Crippen molar-refractivity contribution in [3.8, 4) is 5.75 Å². The summed E-state index contributed by atoms with van der Waals surface area (Å²) in [5.41, 5.74) is 2.37. The number of likely N-dealkylation sites (N-methyl/N-ethyl adjacent to an activating group) is 1. The van der Waals surface area contributed by atoms with Crippen LogP contribution in [0.3, 0.4) is 0 Å². The van der Waals surface area contributed by atoms with Crippen molar-refractivity contribution in [2.24, 2.45) is 0 Å². The van der Waals surface area contributed by atoms with Gasteiger partial charge in [0.15, 0.2) is 0 Å². The minimum Gasteiger partial charge on any atom is -0.496 e. The molecule has 1 aromatic carbocycles. The molecule has 1 fully saturated rings. The molecule has 1 saturated heterocycles. The van der Waals surface area contributed by atoms with Gasteiger partial charge in [0.05, 0.1) is 32.5 Å². The predicted octanol–water partition coefficient (Wildman–Crippen LogP) is 2.85. The van der Waals surface area contributed by atoms with Gasteiger partial charge in [-0.1, -0.05) is 17.7 Å². The zero-order valence-corrected chi connectivity index (χ0v) is 13.4. The molecule has 0 amide bonds. The summed E-state index contributed by atoms with van der Waals surface area (Å²) in [4.78, 5) is 0. The molecule has 4 heteroatoms. The van der Waals surface area contributed by atoms with Crippen LogP contribution in [0.4, 0.5) is 0 Å². The Morgan fingerprint density at radius 3 is 2.90 bits per heavy atom. The molecular weight excluding hydrogens is 266 g/mol. The quantitative estimate of drug-likeness (QED) is 0.839. The Morgan fingerprint density at radius 1 is 1.38 bits per heavy atom. The van der Waals surface area contributed by atoms with Gasteiger partial charge in [0, 0.05) is 12.2 Å². The Hall–Kier alpha value is -1.10. The first-order valence-electron chi connectivity index (χ1n) is 7.75. The molecule has 0 saturated carbocycles. The van der Waals surface area contributed by atoms with Crippen molar-refractivity contribution < 1.29 is 14.2 Å². The SMILES string of the molecule is CNC(COCC1CCCCO1)c1cc(C)ccc1OC. The Labute approximate surface area is 127 Å². The summed E-state index contributed by atoms with van der Waals surface area (Å²) in [5, 5.41) is 3.31. The summed E-state index contributed by atoms with van der Waals surface area (Å²) in [7, 11) is 3.66. The topological polar surface area (TPSA) is 39.7 Å². The molecule has 2 atom stereocenters. The van der Waals surface area contributed by atoms with Gasteiger partial charge in [-0.25, -0.2) is 0 Å². The maximum absolute atomic E-state index is 5.88. The first-order chi connectivity index (χ1) is 10.2. The number of nitrogens with one attached hydrogen (secondary N) is 1. The van der Waals surface area contributed by atoms with Crippen LogP contribution in [-0.4, -0.2) is 40.1 Å². The maximum atomic E-state index is 5.88. The lowest BCUT2D eigenvalue weighted by Crippen LogP contribution is -2.28. The fourth-order valence-electron chi connectivity index (χ4n) is 2.71. The first kappa shape index (κ1) is 16.3. The summed E-state index contributed by atoms with van der Waals surface area (Å²) in [6, 6.07) is 6.36. The second kappa shape index (κ2) is 8.37. The van der Waals surface area contributed by atoms with Crippen LogP contribution < -0.4 is 10.1 Å². The number of rotatable bonds is 7. The Morgan fingerprint density at radius 2 is 2.24 bits per heavy atom. The number of methoxy groups -OCH3 is 1. The number of hydrogen-bond acceptors (Lipinski definition) is 4. The van der Waals surface area contributed by atoms with Crippen LogP contribution in [0, 0.1) is 6.92 Å². The van der Waals surface area contributed by atoms with Crippen molar-refractivity contribution >= 4 is 0 Å². The molecule has 118 valence electrons. The van der Waals surface area contributed by atoms with Gasteiger partial charge in [-0.2, -0.15) is 0 Å². The molecule has 0 radical (unpaired) electrons. The van der Waals surface area contributed by atoms with Crippen LogP contribution in [0.2, 0.25) is 0 Å². The van der Waals surface area contributed by atoms with E-state index in [0.29, 0.717) is 13.2 Å². The average molecular weight is 293 g/mol. The highest BCUT2D eigenvalue weighted by Crippen LogP contribution is 2.26. The summed E-state index contributed by atoms with van der Waals surface area (Å²) >= 11 is 0. The number of ether oxygens (including phenoxy) is 3. The van der Waals surface area contributed by atoms with E-state index in [-0.39, 0.29) is 12.1 Å². The molecule has 21 heavy (non-hydrogen) atoms. The molecule has 1 aromatic rings. The highest BCUT2D eigenvalue weighted by atomic mass is 16.5. The smallest absolute Gasteiger partial charge is 0.123 e. The average Bonchev–Trinajstić information content (AvgIpc) is 2.52. The lowest BCUT2D eigenvalue weighted by Gasteiger charge is -2.24. The molecule has 1 heterocycles. The van der Waals surface area contributed by atoms with E-state index in [1.54, 1.807) is 7.11 Å². The third-order valence-electron chi connectivity index (χ3n) is 3.97. The summed E-state index contributed by atoms with van der Waals surface area (Å²) < 4.78 is 17.0. The lowest BCUT2D eigenvalue weighted by molar-refractivity contribution is -0.0440. The number of benzene rings is 1. The zero-order chi connectivity index (χ0) is 15.1. The van der Waals surface area contributed by atoms with Gasteiger partial charge in [-0.15, -0.1) is 0 Å². The third kappa shape index (κ3) is 4.70. The highest BCUT2D eigenvalue weighted by Gasteiger charge is 2.18. The molecule has 4 nitrogen and oxygen atoms in total. The highest BCUT2D eigenvalue weighted by molar-refractivity contribution is 5.39. The van der Waals surface area contributed by atoms with Crippen LogP contribution >= 0.6 is 0 Å². The molecule has 2 unspecified atom stereocenters. The van der Waals surface area contributed by atoms with Gasteiger partial charge in [0.25, 0.3) is 0 Å². The van der Waals surface area contributed by atoms with Gasteiger partial charge >= 0.3 is 0 Å². The van der Waals surface area contributed by atoms with Crippen molar-refractivity contribution in [2.45, 2.75) is 38.3 Å². The molecule has 1 N–H and O–H groups in total. The largest absolute Gasteiger partial charge is 0.496 e. The second-order valence-electron chi connectivity index (χ2n) is 5.61. The van der Waals surface area contributed by atoms with Gasteiger partial charge in [0.1, 0.15) is 5.75 Å². The van der Waals surface area contributed by atoms with Crippen molar-refractivity contribution in [2.75, 3.05) is 34.0 Å². The van der Waals surface area contributed by atoms with Crippen molar-refractivity contribution in [1.29, 1.82) is 0 Å². The van der Waals surface area contributed by atoms with Gasteiger partial charge in [0.2, 0.25) is 0 Å². The zero-order valence-electron chi connectivity index (χ0n) is 13.4. The molecule has 0 bridgehead atoms. The summed E-state index contributed by atoms with van der Waals surface area (Å²) in [6.45, 7) is 4.25. The number of aryl methyl sites for hydroxylation is 1. The molecule has 1 aliphatic rings. The minimum atomic E-state index is 0.128. The normalized spacial score (nSPS) is 20.2. The Balaban J connectivity index is 1.91. The van der Waals surface area contributed by atoms with Crippen LogP contribution in [0.1, 0.15) is 36.4 Å². The van der Waals surface area contributed by atoms with E-state index in [0.717, 1.165) is 24.3 Å². The summed E-state index contributed by atoms with van der Waals surface area (Å²) in [5.74, 6) is 0.900. The minimum absolute atomic E-state index is 0.128. The lowest BCUT2D eigenvalue weighted by atomic mass is 10.0. The van der Waals surface area contributed by atoms with Crippen LogP contribution in [0.25, 0.3) is 0 Å². The van der Waals surface area contributed by atoms with Gasteiger partial charge in [-0.05, 0) is 39.3 Å². The van der Waals surface area contributed by atoms with Crippen molar-refractivity contribution in [1.82, 2.24) is 5.32 Å². The van der Waals surface area contributed by atoms with Gasteiger partial charge < -0.3 is 19.5 Å². The van der Waals surface area contributed by atoms with Crippen molar-refractivity contribution in [3.05, 3.63) is 29.3 Å². The van der Waals surface area contributed by atoms with E-state index in [9.17, 15) is 0 Å².